The third-order valence-electron chi connectivity index (χ3n) is 2.03. The van der Waals surface area contributed by atoms with Gasteiger partial charge in [-0.2, -0.15) is 0 Å². The molecule has 0 aliphatic carbocycles. The van der Waals surface area contributed by atoms with Crippen LogP contribution >= 0.6 is 0 Å². The van der Waals surface area contributed by atoms with Crippen LogP contribution in [-0.4, -0.2) is 58.9 Å². The van der Waals surface area contributed by atoms with Crippen LogP contribution < -0.4 is 5.32 Å². The molecule has 0 spiro atoms. The van der Waals surface area contributed by atoms with Gasteiger partial charge in [0.1, 0.15) is 6.10 Å². The molecule has 0 saturated carbocycles. The highest BCUT2D eigenvalue weighted by molar-refractivity contribution is 4.79. The van der Waals surface area contributed by atoms with Crippen molar-refractivity contribution in [1.29, 1.82) is 0 Å². The van der Waals surface area contributed by atoms with Crippen LogP contribution in [0.25, 0.3) is 0 Å². The first kappa shape index (κ1) is 12.8. The van der Waals surface area contributed by atoms with E-state index in [4.69, 9.17) is 5.11 Å². The fraction of sp³-hybridized carbons (Fsp3) is 1.00. The Morgan fingerprint density at radius 3 is 2.08 bits per heavy atom. The highest BCUT2D eigenvalue weighted by atomic mass is 16.4. The van der Waals surface area contributed by atoms with Gasteiger partial charge in [0.05, 0.1) is 12.2 Å². The summed E-state index contributed by atoms with van der Waals surface area (Å²) in [7, 11) is 1.64. The summed E-state index contributed by atoms with van der Waals surface area (Å²) >= 11 is 0. The maximum atomic E-state index is 9.39. The Bertz CT molecular complexity index is 133. The lowest BCUT2D eigenvalue weighted by molar-refractivity contribution is -0.0834. The number of likely N-dealkylation sites (N-methyl/N-ethyl adjacent to an activating group) is 1. The topological polar surface area (TPSA) is 93.0 Å². The first-order chi connectivity index (χ1) is 6.04. The minimum absolute atomic E-state index is 0.205. The smallest absolute Gasteiger partial charge is 0.107 e. The molecular formula is C8H19NO4. The third kappa shape index (κ3) is 4.02. The molecule has 5 heteroatoms. The van der Waals surface area contributed by atoms with Gasteiger partial charge in [-0.05, 0) is 7.05 Å². The monoisotopic (exact) mass is 193 g/mol. The Kier molecular flexibility index (Phi) is 6.19. The zero-order valence-electron chi connectivity index (χ0n) is 8.01. The lowest BCUT2D eigenvalue weighted by atomic mass is 9.97. The summed E-state index contributed by atoms with van der Waals surface area (Å²) < 4.78 is 0. The van der Waals surface area contributed by atoms with Crippen LogP contribution in [0.5, 0.6) is 0 Å². The minimum Gasteiger partial charge on any atom is -0.396 e. The molecule has 0 aromatic heterocycles. The second-order valence-corrected chi connectivity index (χ2v) is 3.27. The van der Waals surface area contributed by atoms with Gasteiger partial charge in [0.25, 0.3) is 0 Å². The Hall–Kier alpha value is -0.200. The maximum absolute atomic E-state index is 9.39. The lowest BCUT2D eigenvalue weighted by Gasteiger charge is -2.26. The minimum atomic E-state index is -1.23. The third-order valence-corrected chi connectivity index (χ3v) is 2.03. The molecule has 0 aliphatic heterocycles. The number of aliphatic hydroxyl groups is 4. The van der Waals surface area contributed by atoms with E-state index in [0.717, 1.165) is 0 Å². The zero-order valence-corrected chi connectivity index (χ0v) is 8.01. The van der Waals surface area contributed by atoms with Crippen LogP contribution in [0, 0.1) is 5.92 Å². The summed E-state index contributed by atoms with van der Waals surface area (Å²) in [5.41, 5.74) is 0. The number of aliphatic hydroxyl groups excluding tert-OH is 4. The summed E-state index contributed by atoms with van der Waals surface area (Å²) in [5, 5.41) is 39.4. The summed E-state index contributed by atoms with van der Waals surface area (Å²) in [6.45, 7) is 1.58. The summed E-state index contributed by atoms with van der Waals surface area (Å²) in [4.78, 5) is 0. The van der Waals surface area contributed by atoms with Crippen LogP contribution in [0.15, 0.2) is 0 Å². The Balaban J connectivity index is 3.99. The van der Waals surface area contributed by atoms with Crippen molar-refractivity contribution in [2.45, 2.75) is 25.2 Å². The number of nitrogens with one attached hydrogen (secondary N) is 1. The van der Waals surface area contributed by atoms with Gasteiger partial charge < -0.3 is 25.7 Å². The average Bonchev–Trinajstić information content (AvgIpc) is 2.14. The van der Waals surface area contributed by atoms with E-state index in [0.29, 0.717) is 0 Å². The second-order valence-electron chi connectivity index (χ2n) is 3.27. The molecule has 0 heterocycles. The second kappa shape index (κ2) is 6.28. The van der Waals surface area contributed by atoms with E-state index >= 15 is 0 Å². The fourth-order valence-corrected chi connectivity index (χ4v) is 1.00. The zero-order chi connectivity index (χ0) is 10.4. The largest absolute Gasteiger partial charge is 0.396 e. The standard InChI is InChI=1S/C8H19NO4/c1-5(4-10)7(12)8(13)6(11)3-9-2/h5-13H,3-4H2,1-2H3/t5-,6+,7-,8?/m1/s1. The van der Waals surface area contributed by atoms with Crippen molar-refractivity contribution in [3.05, 3.63) is 0 Å². The van der Waals surface area contributed by atoms with Gasteiger partial charge in [0, 0.05) is 19.1 Å². The molecule has 5 N–H and O–H groups in total. The highest BCUT2D eigenvalue weighted by Gasteiger charge is 2.27. The van der Waals surface area contributed by atoms with E-state index in [1.807, 2.05) is 0 Å². The maximum Gasteiger partial charge on any atom is 0.107 e. The molecule has 1 unspecified atom stereocenters. The normalized spacial score (nSPS) is 20.8. The molecular weight excluding hydrogens is 174 g/mol. The van der Waals surface area contributed by atoms with Crippen molar-refractivity contribution in [3.8, 4) is 0 Å². The van der Waals surface area contributed by atoms with Crippen molar-refractivity contribution in [2.24, 2.45) is 5.92 Å². The predicted octanol–water partition coefficient (Wildman–Crippen LogP) is -2.08. The Labute approximate surface area is 78.0 Å². The summed E-state index contributed by atoms with van der Waals surface area (Å²) in [5.74, 6) is -0.443. The van der Waals surface area contributed by atoms with Gasteiger partial charge in [-0.1, -0.05) is 6.92 Å². The van der Waals surface area contributed by atoms with Crippen LogP contribution in [-0.2, 0) is 0 Å². The van der Waals surface area contributed by atoms with Crippen LogP contribution in [0.3, 0.4) is 0 Å². The molecule has 0 radical (unpaired) electrons. The van der Waals surface area contributed by atoms with E-state index in [2.05, 4.69) is 5.32 Å². The van der Waals surface area contributed by atoms with E-state index < -0.39 is 24.2 Å². The van der Waals surface area contributed by atoms with E-state index in [-0.39, 0.29) is 13.2 Å². The van der Waals surface area contributed by atoms with Crippen molar-refractivity contribution < 1.29 is 20.4 Å². The van der Waals surface area contributed by atoms with Crippen LogP contribution in [0.4, 0.5) is 0 Å². The van der Waals surface area contributed by atoms with Gasteiger partial charge >= 0.3 is 0 Å². The van der Waals surface area contributed by atoms with Crippen molar-refractivity contribution >= 4 is 0 Å². The summed E-state index contributed by atoms with van der Waals surface area (Å²) in [6, 6.07) is 0. The van der Waals surface area contributed by atoms with Gasteiger partial charge in [-0.15, -0.1) is 0 Å². The van der Waals surface area contributed by atoms with E-state index in [1.54, 1.807) is 14.0 Å². The lowest BCUT2D eigenvalue weighted by Crippen LogP contribution is -2.45. The predicted molar refractivity (Wildman–Crippen MR) is 48.2 cm³/mol. The molecule has 80 valence electrons. The average molecular weight is 193 g/mol. The molecule has 0 rings (SSSR count). The molecule has 0 bridgehead atoms. The van der Waals surface area contributed by atoms with Crippen LogP contribution in [0.1, 0.15) is 6.92 Å². The van der Waals surface area contributed by atoms with E-state index in [9.17, 15) is 15.3 Å². The molecule has 0 aromatic rings. The first-order valence-corrected chi connectivity index (χ1v) is 4.34. The van der Waals surface area contributed by atoms with Crippen molar-refractivity contribution in [3.63, 3.8) is 0 Å². The number of rotatable bonds is 6. The van der Waals surface area contributed by atoms with Gasteiger partial charge in [-0.25, -0.2) is 0 Å². The molecule has 13 heavy (non-hydrogen) atoms. The fourth-order valence-electron chi connectivity index (χ4n) is 1.00. The van der Waals surface area contributed by atoms with Gasteiger partial charge in [0.2, 0.25) is 0 Å². The Morgan fingerprint density at radius 1 is 1.15 bits per heavy atom. The molecule has 0 fully saturated rings. The number of hydrogen-bond donors (Lipinski definition) is 5. The van der Waals surface area contributed by atoms with Crippen molar-refractivity contribution in [2.75, 3.05) is 20.2 Å². The molecule has 0 amide bonds. The van der Waals surface area contributed by atoms with Gasteiger partial charge in [-0.3, -0.25) is 0 Å². The van der Waals surface area contributed by atoms with Gasteiger partial charge in [0.15, 0.2) is 0 Å². The quantitative estimate of drug-likeness (QED) is 0.334. The molecule has 0 saturated heterocycles. The molecule has 0 aromatic carbocycles. The Morgan fingerprint density at radius 2 is 1.69 bits per heavy atom. The molecule has 0 aliphatic rings. The highest BCUT2D eigenvalue weighted by Crippen LogP contribution is 2.09. The van der Waals surface area contributed by atoms with E-state index in [1.165, 1.54) is 0 Å². The first-order valence-electron chi connectivity index (χ1n) is 4.34. The molecule has 5 nitrogen and oxygen atoms in total. The molecule has 4 atom stereocenters. The van der Waals surface area contributed by atoms with Crippen molar-refractivity contribution in [1.82, 2.24) is 5.32 Å². The van der Waals surface area contributed by atoms with Crippen LogP contribution in [0.2, 0.25) is 0 Å². The summed E-state index contributed by atoms with van der Waals surface area (Å²) in [6.07, 6.45) is -3.35. The number of hydrogen-bond acceptors (Lipinski definition) is 5. The SMILES string of the molecule is CNC[C@H](O)C(O)[C@H](O)[C@H](C)CO.